The first-order valence-electron chi connectivity index (χ1n) is 8.06. The Labute approximate surface area is 137 Å². The van der Waals surface area contributed by atoms with Gasteiger partial charge in [0, 0.05) is 12.2 Å². The molecule has 0 saturated heterocycles. The van der Waals surface area contributed by atoms with Crippen LogP contribution in [0.25, 0.3) is 0 Å². The smallest absolute Gasteiger partial charge is 0.271 e. The number of ether oxygens (including phenoxy) is 1. The lowest BCUT2D eigenvalue weighted by Crippen LogP contribution is -2.32. The molecule has 1 aromatic heterocycles. The van der Waals surface area contributed by atoms with Crippen molar-refractivity contribution in [1.82, 2.24) is 15.1 Å². The van der Waals surface area contributed by atoms with Crippen LogP contribution in [-0.2, 0) is 6.73 Å². The summed E-state index contributed by atoms with van der Waals surface area (Å²) in [6.07, 6.45) is 2.63. The second kappa shape index (κ2) is 7.81. The Bertz CT molecular complexity index is 632. The van der Waals surface area contributed by atoms with Gasteiger partial charge in [-0.15, -0.1) is 0 Å². The van der Waals surface area contributed by atoms with Crippen LogP contribution in [-0.4, -0.2) is 21.7 Å². The molecule has 5 heteroatoms. The Hall–Kier alpha value is -2.30. The molecule has 0 saturated carbocycles. The fraction of sp³-hybridized carbons (Fsp3) is 0.444. The average Bonchev–Trinajstić information content (AvgIpc) is 3.02. The van der Waals surface area contributed by atoms with E-state index in [1.807, 2.05) is 26.0 Å². The van der Waals surface area contributed by atoms with Crippen molar-refractivity contribution in [2.24, 2.45) is 0 Å². The van der Waals surface area contributed by atoms with E-state index in [-0.39, 0.29) is 18.7 Å². The van der Waals surface area contributed by atoms with Crippen LogP contribution in [0.5, 0.6) is 5.75 Å². The minimum atomic E-state index is -0.153. The standard InChI is InChI=1S/C18H25N3O2/c1-5-14(4)19-18(22)17-10-11-21(20-17)12-23-16-8-6-15(7-9-16)13(2)3/h6-11,13-14H,5,12H2,1-4H3,(H,19,22). The highest BCUT2D eigenvalue weighted by atomic mass is 16.5. The molecule has 0 aliphatic heterocycles. The van der Waals surface area contributed by atoms with Gasteiger partial charge in [-0.1, -0.05) is 32.9 Å². The second-order valence-corrected chi connectivity index (χ2v) is 6.02. The van der Waals surface area contributed by atoms with Crippen LogP contribution in [0.15, 0.2) is 36.5 Å². The van der Waals surface area contributed by atoms with Crippen molar-refractivity contribution in [3.63, 3.8) is 0 Å². The van der Waals surface area contributed by atoms with Gasteiger partial charge in [0.1, 0.15) is 11.4 Å². The van der Waals surface area contributed by atoms with Crippen LogP contribution >= 0.6 is 0 Å². The number of hydrogen-bond donors (Lipinski definition) is 1. The molecule has 124 valence electrons. The van der Waals surface area contributed by atoms with Crippen molar-refractivity contribution in [2.75, 3.05) is 0 Å². The molecule has 0 bridgehead atoms. The van der Waals surface area contributed by atoms with E-state index in [1.165, 1.54) is 5.56 Å². The predicted octanol–water partition coefficient (Wildman–Crippen LogP) is 3.57. The zero-order chi connectivity index (χ0) is 16.8. The van der Waals surface area contributed by atoms with Gasteiger partial charge in [0.2, 0.25) is 0 Å². The van der Waals surface area contributed by atoms with E-state index >= 15 is 0 Å². The van der Waals surface area contributed by atoms with Gasteiger partial charge in [-0.3, -0.25) is 4.79 Å². The van der Waals surface area contributed by atoms with Gasteiger partial charge in [-0.25, -0.2) is 4.68 Å². The Morgan fingerprint density at radius 2 is 1.91 bits per heavy atom. The van der Waals surface area contributed by atoms with Gasteiger partial charge >= 0.3 is 0 Å². The zero-order valence-electron chi connectivity index (χ0n) is 14.2. The molecule has 0 aliphatic rings. The largest absolute Gasteiger partial charge is 0.471 e. The van der Waals surface area contributed by atoms with Crippen LogP contribution in [0.2, 0.25) is 0 Å². The summed E-state index contributed by atoms with van der Waals surface area (Å²) < 4.78 is 7.30. The minimum absolute atomic E-state index is 0.142. The topological polar surface area (TPSA) is 56.2 Å². The van der Waals surface area contributed by atoms with Crippen molar-refractivity contribution < 1.29 is 9.53 Å². The molecule has 1 heterocycles. The fourth-order valence-corrected chi connectivity index (χ4v) is 2.04. The Balaban J connectivity index is 1.90. The first-order chi connectivity index (χ1) is 11.0. The molecule has 1 N–H and O–H groups in total. The third kappa shape index (κ3) is 4.84. The van der Waals surface area contributed by atoms with Crippen LogP contribution in [0.4, 0.5) is 0 Å². The first kappa shape index (κ1) is 17.1. The maximum atomic E-state index is 12.0. The number of carbonyl (C=O) groups excluding carboxylic acids is 1. The summed E-state index contributed by atoms with van der Waals surface area (Å²) in [6.45, 7) is 8.59. The Morgan fingerprint density at radius 3 is 2.52 bits per heavy atom. The molecular formula is C18H25N3O2. The molecule has 1 unspecified atom stereocenters. The van der Waals surface area contributed by atoms with E-state index in [0.29, 0.717) is 11.6 Å². The molecule has 1 atom stereocenters. The lowest BCUT2D eigenvalue weighted by molar-refractivity contribution is 0.0932. The maximum Gasteiger partial charge on any atom is 0.271 e. The van der Waals surface area contributed by atoms with E-state index in [1.54, 1.807) is 16.9 Å². The van der Waals surface area contributed by atoms with E-state index in [2.05, 4.69) is 36.4 Å². The van der Waals surface area contributed by atoms with Crippen LogP contribution in [0.1, 0.15) is 56.1 Å². The highest BCUT2D eigenvalue weighted by molar-refractivity contribution is 5.92. The second-order valence-electron chi connectivity index (χ2n) is 6.02. The van der Waals surface area contributed by atoms with Crippen molar-refractivity contribution in [3.8, 4) is 5.75 Å². The van der Waals surface area contributed by atoms with Gasteiger partial charge in [-0.05, 0) is 43.0 Å². The zero-order valence-corrected chi connectivity index (χ0v) is 14.2. The van der Waals surface area contributed by atoms with Crippen molar-refractivity contribution in [2.45, 2.75) is 52.8 Å². The maximum absolute atomic E-state index is 12.0. The molecule has 0 fully saturated rings. The number of benzene rings is 1. The fourth-order valence-electron chi connectivity index (χ4n) is 2.04. The van der Waals surface area contributed by atoms with E-state index in [9.17, 15) is 4.79 Å². The van der Waals surface area contributed by atoms with E-state index in [0.717, 1.165) is 12.2 Å². The molecule has 2 aromatic rings. The summed E-state index contributed by atoms with van der Waals surface area (Å²) in [5.74, 6) is 1.14. The average molecular weight is 315 g/mol. The summed E-state index contributed by atoms with van der Waals surface area (Å²) in [5.41, 5.74) is 1.68. The van der Waals surface area contributed by atoms with Crippen LogP contribution < -0.4 is 10.1 Å². The van der Waals surface area contributed by atoms with Gasteiger partial charge in [0.25, 0.3) is 5.91 Å². The summed E-state index contributed by atoms with van der Waals surface area (Å²) in [5, 5.41) is 7.13. The number of rotatable bonds is 7. The molecule has 0 radical (unpaired) electrons. The number of amides is 1. The lowest BCUT2D eigenvalue weighted by atomic mass is 10.0. The van der Waals surface area contributed by atoms with Gasteiger partial charge in [0.15, 0.2) is 6.73 Å². The summed E-state index contributed by atoms with van der Waals surface area (Å²) >= 11 is 0. The third-order valence-corrected chi connectivity index (χ3v) is 3.77. The molecular weight excluding hydrogens is 290 g/mol. The summed E-state index contributed by atoms with van der Waals surface area (Å²) in [7, 11) is 0. The third-order valence-electron chi connectivity index (χ3n) is 3.77. The molecule has 23 heavy (non-hydrogen) atoms. The molecule has 0 spiro atoms. The highest BCUT2D eigenvalue weighted by Gasteiger charge is 2.11. The number of aromatic nitrogens is 2. The lowest BCUT2D eigenvalue weighted by Gasteiger charge is -2.10. The number of nitrogens with one attached hydrogen (secondary N) is 1. The Kier molecular flexibility index (Phi) is 5.79. The van der Waals surface area contributed by atoms with Crippen molar-refractivity contribution in [1.29, 1.82) is 0 Å². The molecule has 2 rings (SSSR count). The first-order valence-corrected chi connectivity index (χ1v) is 8.06. The van der Waals surface area contributed by atoms with Crippen molar-refractivity contribution in [3.05, 3.63) is 47.8 Å². The van der Waals surface area contributed by atoms with Crippen LogP contribution in [0.3, 0.4) is 0 Å². The quantitative estimate of drug-likeness (QED) is 0.850. The number of hydrogen-bond acceptors (Lipinski definition) is 3. The van der Waals surface area contributed by atoms with Gasteiger partial charge < -0.3 is 10.1 Å². The summed E-state index contributed by atoms with van der Waals surface area (Å²) in [6, 6.07) is 9.87. The molecule has 5 nitrogen and oxygen atoms in total. The Morgan fingerprint density at radius 1 is 1.22 bits per heavy atom. The molecule has 0 aliphatic carbocycles. The molecule has 1 aromatic carbocycles. The predicted molar refractivity (Wildman–Crippen MR) is 90.6 cm³/mol. The highest BCUT2D eigenvalue weighted by Crippen LogP contribution is 2.18. The minimum Gasteiger partial charge on any atom is -0.471 e. The van der Waals surface area contributed by atoms with E-state index < -0.39 is 0 Å². The van der Waals surface area contributed by atoms with E-state index in [4.69, 9.17) is 4.74 Å². The van der Waals surface area contributed by atoms with Crippen LogP contribution in [0, 0.1) is 0 Å². The summed E-state index contributed by atoms with van der Waals surface area (Å²) in [4.78, 5) is 12.0. The van der Waals surface area contributed by atoms with Gasteiger partial charge in [0.05, 0.1) is 0 Å². The van der Waals surface area contributed by atoms with Crippen molar-refractivity contribution >= 4 is 5.91 Å². The monoisotopic (exact) mass is 315 g/mol. The number of nitrogens with zero attached hydrogens (tertiary/aromatic N) is 2. The normalized spacial score (nSPS) is 12.2. The molecule has 1 amide bonds. The van der Waals surface area contributed by atoms with Gasteiger partial charge in [-0.2, -0.15) is 5.10 Å². The SMILES string of the molecule is CCC(C)NC(=O)c1ccn(COc2ccc(C(C)C)cc2)n1. The number of carbonyl (C=O) groups is 1.